The van der Waals surface area contributed by atoms with E-state index in [2.05, 4.69) is 336 Å². The van der Waals surface area contributed by atoms with Gasteiger partial charge in [0.15, 0.2) is 0 Å². The maximum Gasteiger partial charge on any atom is 0.0714 e. The molecule has 0 bridgehead atoms. The second kappa shape index (κ2) is 19.3. The summed E-state index contributed by atoms with van der Waals surface area (Å²) in [6.07, 6.45) is 0. The van der Waals surface area contributed by atoms with Crippen LogP contribution in [-0.4, -0.2) is 9.13 Å². The van der Waals surface area contributed by atoms with Crippen molar-refractivity contribution in [3.8, 4) is 55.9 Å². The Balaban J connectivity index is 0.905. The van der Waals surface area contributed by atoms with Crippen molar-refractivity contribution in [3.05, 3.63) is 344 Å². The highest BCUT2D eigenvalue weighted by Gasteiger charge is 2.46. The lowest BCUT2D eigenvalue weighted by Gasteiger charge is -2.35. The van der Waals surface area contributed by atoms with Gasteiger partial charge in [-0.15, -0.1) is 0 Å². The number of benzene rings is 13. The average molecular weight is 1040 g/mol. The third kappa shape index (κ3) is 7.37. The zero-order valence-electron chi connectivity index (χ0n) is 44.9. The fraction of sp³-hybridized carbons (Fsp3) is 0.0127. The molecule has 0 unspecified atom stereocenters. The van der Waals surface area contributed by atoms with Crippen molar-refractivity contribution in [2.45, 2.75) is 5.41 Å². The van der Waals surface area contributed by atoms with E-state index in [1.54, 1.807) is 0 Å². The fourth-order valence-corrected chi connectivity index (χ4v) is 13.7. The van der Waals surface area contributed by atoms with Crippen molar-refractivity contribution in [2.24, 2.45) is 0 Å². The van der Waals surface area contributed by atoms with Gasteiger partial charge >= 0.3 is 0 Å². The zero-order valence-corrected chi connectivity index (χ0v) is 44.9. The molecular formula is C79H53N3. The molecule has 0 atom stereocenters. The molecule has 3 nitrogen and oxygen atoms in total. The van der Waals surface area contributed by atoms with Crippen LogP contribution in [0.3, 0.4) is 0 Å². The van der Waals surface area contributed by atoms with Crippen LogP contribution < -0.4 is 4.90 Å². The lowest BCUT2D eigenvalue weighted by molar-refractivity contribution is 0.768. The first-order valence-corrected chi connectivity index (χ1v) is 28.3. The van der Waals surface area contributed by atoms with E-state index in [1.807, 2.05) is 0 Å². The van der Waals surface area contributed by atoms with Gasteiger partial charge in [0.25, 0.3) is 0 Å². The van der Waals surface area contributed by atoms with E-state index in [0.717, 1.165) is 50.7 Å². The van der Waals surface area contributed by atoms with Gasteiger partial charge in [-0.2, -0.15) is 0 Å². The number of aromatic nitrogens is 2. The Morgan fingerprint density at radius 1 is 0.244 bits per heavy atom. The number of anilines is 3. The number of nitrogens with zero attached hydrogens (tertiary/aromatic N) is 3. The molecule has 384 valence electrons. The van der Waals surface area contributed by atoms with E-state index in [-0.39, 0.29) is 0 Å². The van der Waals surface area contributed by atoms with E-state index >= 15 is 0 Å². The maximum atomic E-state index is 2.46. The maximum absolute atomic E-state index is 2.46. The molecule has 1 aliphatic carbocycles. The number of para-hydroxylation sites is 7. The van der Waals surface area contributed by atoms with Crippen LogP contribution in [-0.2, 0) is 5.41 Å². The van der Waals surface area contributed by atoms with Crippen molar-refractivity contribution in [2.75, 3.05) is 4.90 Å². The standard InChI is InChI=1S/C79H53N3/c1-6-24-58(25-7-1)79(59-26-8-2-9-27-59)73-41-19-16-34-67(73)68-49-48-64(53-74(68)79)80(60-28-10-3-11-29-60)63-46-44-54(45-47-63)55-50-56(65-37-22-39-71-69-35-17-20-42-75(69)81(77(65)71)61-30-12-4-13-31-61)52-57(51-55)66-38-23-40-72-70-36-18-21-43-76(70)82(78(66)72)62-32-14-5-15-33-62/h1-53H. The highest BCUT2D eigenvalue weighted by molar-refractivity contribution is 6.16. The van der Waals surface area contributed by atoms with Gasteiger partial charge in [0.05, 0.1) is 27.5 Å². The van der Waals surface area contributed by atoms with E-state index in [1.165, 1.54) is 88.1 Å². The molecule has 82 heavy (non-hydrogen) atoms. The van der Waals surface area contributed by atoms with Crippen LogP contribution in [0.4, 0.5) is 17.1 Å². The van der Waals surface area contributed by atoms with Crippen LogP contribution in [0.1, 0.15) is 22.3 Å². The first-order chi connectivity index (χ1) is 40.7. The van der Waals surface area contributed by atoms with E-state index in [4.69, 9.17) is 0 Å². The summed E-state index contributed by atoms with van der Waals surface area (Å²) in [6, 6.07) is 118. The summed E-state index contributed by atoms with van der Waals surface area (Å²) in [5, 5.41) is 4.91. The highest BCUT2D eigenvalue weighted by Crippen LogP contribution is 2.57. The molecule has 16 rings (SSSR count). The summed E-state index contributed by atoms with van der Waals surface area (Å²) in [5.74, 6) is 0. The summed E-state index contributed by atoms with van der Waals surface area (Å²) < 4.78 is 4.91. The molecular weight excluding hydrogens is 991 g/mol. The Hall–Kier alpha value is -10.7. The third-order valence-electron chi connectivity index (χ3n) is 17.1. The van der Waals surface area contributed by atoms with Crippen molar-refractivity contribution in [1.29, 1.82) is 0 Å². The normalized spacial score (nSPS) is 12.5. The van der Waals surface area contributed by atoms with Crippen LogP contribution in [0.2, 0.25) is 0 Å². The van der Waals surface area contributed by atoms with Gasteiger partial charge in [-0.3, -0.25) is 0 Å². The second-order valence-electron chi connectivity index (χ2n) is 21.6. The molecule has 2 heterocycles. The van der Waals surface area contributed by atoms with Gasteiger partial charge in [0, 0.05) is 61.1 Å². The van der Waals surface area contributed by atoms with Crippen molar-refractivity contribution in [3.63, 3.8) is 0 Å². The van der Waals surface area contributed by atoms with E-state index in [9.17, 15) is 0 Å². The molecule has 0 N–H and O–H groups in total. The Morgan fingerprint density at radius 2 is 0.646 bits per heavy atom. The molecule has 2 aromatic heterocycles. The third-order valence-corrected chi connectivity index (χ3v) is 17.1. The molecule has 0 amide bonds. The van der Waals surface area contributed by atoms with Crippen molar-refractivity contribution >= 4 is 60.7 Å². The van der Waals surface area contributed by atoms with Gasteiger partial charge in [0.1, 0.15) is 0 Å². The molecule has 0 saturated heterocycles. The first kappa shape index (κ1) is 47.3. The summed E-state index contributed by atoms with van der Waals surface area (Å²) in [5.41, 5.74) is 24.2. The minimum Gasteiger partial charge on any atom is -0.310 e. The largest absolute Gasteiger partial charge is 0.310 e. The van der Waals surface area contributed by atoms with Gasteiger partial charge in [-0.05, 0) is 147 Å². The van der Waals surface area contributed by atoms with Crippen LogP contribution in [0, 0.1) is 0 Å². The summed E-state index contributed by atoms with van der Waals surface area (Å²) >= 11 is 0. The molecule has 13 aromatic carbocycles. The van der Waals surface area contributed by atoms with Crippen LogP contribution in [0.25, 0.3) is 99.5 Å². The van der Waals surface area contributed by atoms with Crippen molar-refractivity contribution < 1.29 is 0 Å². The number of rotatable bonds is 10. The smallest absolute Gasteiger partial charge is 0.0714 e. The Morgan fingerprint density at radius 3 is 1.20 bits per heavy atom. The van der Waals surface area contributed by atoms with Gasteiger partial charge in [-0.25, -0.2) is 0 Å². The second-order valence-corrected chi connectivity index (χ2v) is 21.6. The predicted molar refractivity (Wildman–Crippen MR) is 343 cm³/mol. The minimum absolute atomic E-state index is 0.529. The quantitative estimate of drug-likeness (QED) is 0.133. The minimum atomic E-state index is -0.529. The number of hydrogen-bond acceptors (Lipinski definition) is 1. The highest BCUT2D eigenvalue weighted by atomic mass is 15.1. The molecule has 0 saturated carbocycles. The summed E-state index contributed by atoms with van der Waals surface area (Å²) in [6.45, 7) is 0. The molecule has 1 aliphatic rings. The molecule has 0 spiro atoms. The van der Waals surface area contributed by atoms with Gasteiger partial charge in [0.2, 0.25) is 0 Å². The predicted octanol–water partition coefficient (Wildman–Crippen LogP) is 20.7. The van der Waals surface area contributed by atoms with Gasteiger partial charge < -0.3 is 14.0 Å². The van der Waals surface area contributed by atoms with Crippen LogP contribution in [0.5, 0.6) is 0 Å². The summed E-state index contributed by atoms with van der Waals surface area (Å²) in [7, 11) is 0. The monoisotopic (exact) mass is 1040 g/mol. The average Bonchev–Trinajstić information content (AvgIpc) is 3.31. The molecule has 3 heteroatoms. The zero-order chi connectivity index (χ0) is 54.1. The van der Waals surface area contributed by atoms with Crippen LogP contribution >= 0.6 is 0 Å². The van der Waals surface area contributed by atoms with E-state index in [0.29, 0.717) is 0 Å². The molecule has 0 fully saturated rings. The summed E-state index contributed by atoms with van der Waals surface area (Å²) in [4.78, 5) is 2.42. The Labute approximate surface area is 477 Å². The lowest BCUT2D eigenvalue weighted by atomic mass is 9.67. The fourth-order valence-electron chi connectivity index (χ4n) is 13.7. The molecule has 15 aromatic rings. The Kier molecular flexibility index (Phi) is 11.1. The van der Waals surface area contributed by atoms with E-state index < -0.39 is 5.41 Å². The van der Waals surface area contributed by atoms with Crippen molar-refractivity contribution in [1.82, 2.24) is 9.13 Å². The first-order valence-electron chi connectivity index (χ1n) is 28.3. The molecule has 0 radical (unpaired) electrons. The Bertz CT molecular complexity index is 4670. The number of fused-ring (bicyclic) bond motifs is 9. The van der Waals surface area contributed by atoms with Crippen LogP contribution in [0.15, 0.2) is 322 Å². The SMILES string of the molecule is c1ccc(N(c2ccc(-c3cc(-c4cccc5c6ccccc6n(-c6ccccc6)c45)cc(-c4cccc5c6ccccc6n(-c6ccccc6)c45)c3)cc2)c2ccc3c(c2)C(c2ccccc2)(c2ccccc2)c2ccccc2-3)cc1. The lowest BCUT2D eigenvalue weighted by Crippen LogP contribution is -2.28. The topological polar surface area (TPSA) is 13.1 Å². The molecule has 0 aliphatic heterocycles. The number of hydrogen-bond donors (Lipinski definition) is 0. The van der Waals surface area contributed by atoms with Gasteiger partial charge in [-0.1, -0.05) is 231 Å².